The van der Waals surface area contributed by atoms with Crippen LogP contribution < -0.4 is 10.1 Å². The normalized spacial score (nSPS) is 10.8. The molecule has 1 N–H and O–H groups in total. The van der Waals surface area contributed by atoms with Crippen molar-refractivity contribution in [1.82, 2.24) is 9.97 Å². The van der Waals surface area contributed by atoms with Crippen LogP contribution >= 0.6 is 22.7 Å². The molecule has 0 aliphatic heterocycles. The van der Waals surface area contributed by atoms with E-state index in [-0.39, 0.29) is 5.91 Å². The Morgan fingerprint density at radius 3 is 2.96 bits per heavy atom. The van der Waals surface area contributed by atoms with Crippen molar-refractivity contribution in [2.75, 3.05) is 12.4 Å². The lowest BCUT2D eigenvalue weighted by molar-refractivity contribution is -0.111. The Bertz CT molecular complexity index is 825. The highest BCUT2D eigenvalue weighted by atomic mass is 32.1. The van der Waals surface area contributed by atoms with E-state index in [0.717, 1.165) is 22.7 Å². The Hall–Kier alpha value is -2.51. The summed E-state index contributed by atoms with van der Waals surface area (Å²) >= 11 is 2.85. The number of aromatic nitrogens is 2. The molecule has 0 atom stereocenters. The first-order chi connectivity index (χ1) is 11.3. The molecule has 116 valence electrons. The van der Waals surface area contributed by atoms with Crippen molar-refractivity contribution in [1.29, 1.82) is 0 Å². The Morgan fingerprint density at radius 1 is 1.30 bits per heavy atom. The van der Waals surface area contributed by atoms with Gasteiger partial charge in [-0.3, -0.25) is 10.1 Å². The number of nitrogens with zero attached hydrogens (tertiary/aromatic N) is 2. The molecule has 3 aromatic rings. The van der Waals surface area contributed by atoms with Crippen LogP contribution in [-0.4, -0.2) is 23.0 Å². The molecule has 0 fully saturated rings. The summed E-state index contributed by atoms with van der Waals surface area (Å²) in [7, 11) is 1.62. The second-order valence-corrected chi connectivity index (χ2v) is 6.05. The minimum absolute atomic E-state index is 0.237. The van der Waals surface area contributed by atoms with Gasteiger partial charge in [0.15, 0.2) is 5.13 Å². The summed E-state index contributed by atoms with van der Waals surface area (Å²) in [6.45, 7) is 0. The van der Waals surface area contributed by atoms with Crippen molar-refractivity contribution in [3.63, 3.8) is 0 Å². The third-order valence-corrected chi connectivity index (χ3v) is 4.34. The molecule has 2 heterocycles. The molecule has 2 aromatic heterocycles. The van der Waals surface area contributed by atoms with E-state index in [2.05, 4.69) is 15.3 Å². The van der Waals surface area contributed by atoms with E-state index >= 15 is 0 Å². The Morgan fingerprint density at radius 2 is 2.17 bits per heavy atom. The first-order valence-electron chi connectivity index (χ1n) is 6.72. The van der Waals surface area contributed by atoms with E-state index in [0.29, 0.717) is 5.13 Å². The molecule has 0 aliphatic rings. The van der Waals surface area contributed by atoms with Crippen molar-refractivity contribution in [2.24, 2.45) is 0 Å². The fourth-order valence-electron chi connectivity index (χ4n) is 1.92. The predicted octanol–water partition coefficient (Wildman–Crippen LogP) is 3.93. The van der Waals surface area contributed by atoms with Gasteiger partial charge in [-0.15, -0.1) is 22.7 Å². The Kier molecular flexibility index (Phi) is 4.80. The second kappa shape index (κ2) is 7.17. The zero-order valence-corrected chi connectivity index (χ0v) is 13.9. The lowest BCUT2D eigenvalue weighted by atomic mass is 10.1. The number of hydrogen-bond donors (Lipinski definition) is 1. The molecule has 7 heteroatoms. The van der Waals surface area contributed by atoms with E-state index < -0.39 is 0 Å². The number of carbonyl (C=O) groups is 1. The number of hydrogen-bond acceptors (Lipinski definition) is 6. The van der Waals surface area contributed by atoms with Gasteiger partial charge in [-0.2, -0.15) is 0 Å². The molecule has 0 aliphatic carbocycles. The quantitative estimate of drug-likeness (QED) is 0.713. The maximum atomic E-state index is 11.9. The van der Waals surface area contributed by atoms with Crippen LogP contribution in [0.15, 0.2) is 46.6 Å². The van der Waals surface area contributed by atoms with Crippen molar-refractivity contribution in [2.45, 2.75) is 0 Å². The molecule has 0 saturated carbocycles. The fraction of sp³-hybridized carbons (Fsp3) is 0.0625. The number of benzene rings is 1. The number of rotatable bonds is 5. The number of amides is 1. The third-order valence-electron chi connectivity index (χ3n) is 2.97. The zero-order valence-electron chi connectivity index (χ0n) is 12.2. The highest BCUT2D eigenvalue weighted by molar-refractivity contribution is 7.14. The number of thiazole rings is 2. The van der Waals surface area contributed by atoms with Gasteiger partial charge >= 0.3 is 0 Å². The van der Waals surface area contributed by atoms with Crippen molar-refractivity contribution < 1.29 is 9.53 Å². The lowest BCUT2D eigenvalue weighted by Gasteiger charge is -2.04. The van der Waals surface area contributed by atoms with Crippen LogP contribution in [0.1, 0.15) is 5.69 Å². The SMILES string of the molecule is COc1ccccc1-c1csc(NC(=O)/C=C/c2cscn2)n1. The molecular formula is C16H13N3O2S2. The minimum Gasteiger partial charge on any atom is -0.496 e. The molecule has 23 heavy (non-hydrogen) atoms. The monoisotopic (exact) mass is 343 g/mol. The average molecular weight is 343 g/mol. The number of nitrogens with one attached hydrogen (secondary N) is 1. The maximum absolute atomic E-state index is 11.9. The second-order valence-electron chi connectivity index (χ2n) is 4.47. The van der Waals surface area contributed by atoms with Crippen LogP contribution in [0.25, 0.3) is 17.3 Å². The Balaban J connectivity index is 1.71. The molecule has 5 nitrogen and oxygen atoms in total. The lowest BCUT2D eigenvalue weighted by Crippen LogP contribution is -2.07. The van der Waals surface area contributed by atoms with Crippen molar-refractivity contribution in [3.05, 3.63) is 52.3 Å². The first kappa shape index (κ1) is 15.4. The Labute approximate surface area is 141 Å². The average Bonchev–Trinajstić information content (AvgIpc) is 3.24. The molecular weight excluding hydrogens is 330 g/mol. The van der Waals surface area contributed by atoms with Gasteiger partial charge in [0.25, 0.3) is 0 Å². The predicted molar refractivity (Wildman–Crippen MR) is 93.9 cm³/mol. The number of methoxy groups -OCH3 is 1. The minimum atomic E-state index is -0.237. The van der Waals surface area contributed by atoms with E-state index in [1.54, 1.807) is 18.7 Å². The van der Waals surface area contributed by atoms with Crippen LogP contribution in [-0.2, 0) is 4.79 Å². The largest absolute Gasteiger partial charge is 0.496 e. The molecule has 0 spiro atoms. The van der Waals surface area contributed by atoms with Gasteiger partial charge in [-0.1, -0.05) is 12.1 Å². The van der Waals surface area contributed by atoms with E-state index in [9.17, 15) is 4.79 Å². The standard InChI is InChI=1S/C16H13N3O2S2/c1-21-14-5-3-2-4-12(14)13-9-23-16(18-13)19-15(20)7-6-11-8-22-10-17-11/h2-10H,1H3,(H,18,19,20)/b7-6+. The summed E-state index contributed by atoms with van der Waals surface area (Å²) in [5.74, 6) is 0.512. The molecule has 0 bridgehead atoms. The van der Waals surface area contributed by atoms with Crippen LogP contribution in [0.4, 0.5) is 5.13 Å². The van der Waals surface area contributed by atoms with Crippen molar-refractivity contribution >= 4 is 39.8 Å². The molecule has 1 aromatic carbocycles. The number of carbonyl (C=O) groups excluding carboxylic acids is 1. The summed E-state index contributed by atoms with van der Waals surface area (Å²) < 4.78 is 5.33. The van der Waals surface area contributed by atoms with Crippen molar-refractivity contribution in [3.8, 4) is 17.0 Å². The zero-order chi connectivity index (χ0) is 16.1. The van der Waals surface area contributed by atoms with Gasteiger partial charge in [-0.25, -0.2) is 9.97 Å². The van der Waals surface area contributed by atoms with Gasteiger partial charge in [0, 0.05) is 22.4 Å². The summed E-state index contributed by atoms with van der Waals surface area (Å²) in [5, 5.41) is 7.04. The van der Waals surface area contributed by atoms with E-state index in [4.69, 9.17) is 4.74 Å². The van der Waals surface area contributed by atoms with Crippen LogP contribution in [0.5, 0.6) is 5.75 Å². The summed E-state index contributed by atoms with van der Waals surface area (Å²) in [5.41, 5.74) is 4.15. The maximum Gasteiger partial charge on any atom is 0.250 e. The third kappa shape index (κ3) is 3.82. The number of anilines is 1. The molecule has 0 radical (unpaired) electrons. The van der Waals surface area contributed by atoms with Gasteiger partial charge in [0.05, 0.1) is 24.0 Å². The molecule has 1 amide bonds. The van der Waals surface area contributed by atoms with Gasteiger partial charge in [0.2, 0.25) is 5.91 Å². The molecule has 0 saturated heterocycles. The van der Waals surface area contributed by atoms with Crippen LogP contribution in [0, 0.1) is 0 Å². The highest BCUT2D eigenvalue weighted by Gasteiger charge is 2.10. The summed E-state index contributed by atoms with van der Waals surface area (Å²) in [4.78, 5) is 20.4. The van der Waals surface area contributed by atoms with E-state index in [1.165, 1.54) is 28.7 Å². The summed E-state index contributed by atoms with van der Waals surface area (Å²) in [6, 6.07) is 7.64. The molecule has 0 unspecified atom stereocenters. The van der Waals surface area contributed by atoms with Crippen LogP contribution in [0.2, 0.25) is 0 Å². The van der Waals surface area contributed by atoms with Crippen LogP contribution in [0.3, 0.4) is 0 Å². The number of para-hydroxylation sites is 1. The fourth-order valence-corrected chi connectivity index (χ4v) is 3.16. The first-order valence-corrected chi connectivity index (χ1v) is 8.54. The highest BCUT2D eigenvalue weighted by Crippen LogP contribution is 2.31. The number of ether oxygens (including phenoxy) is 1. The van der Waals surface area contributed by atoms with Gasteiger partial charge in [-0.05, 0) is 18.2 Å². The summed E-state index contributed by atoms with van der Waals surface area (Å²) in [6.07, 6.45) is 3.11. The molecule has 3 rings (SSSR count). The topological polar surface area (TPSA) is 64.1 Å². The smallest absolute Gasteiger partial charge is 0.250 e. The van der Waals surface area contributed by atoms with Gasteiger partial charge in [0.1, 0.15) is 5.75 Å². The van der Waals surface area contributed by atoms with Gasteiger partial charge < -0.3 is 4.74 Å². The van der Waals surface area contributed by atoms with E-state index in [1.807, 2.05) is 35.0 Å².